The average molecular weight is 279 g/mol. The standard InChI is InChI=1S/C16H23ClN2/c1-13(14-8-5-6-9-15(14)17)19(4)11-7-10-16(2,3)12-18/h5-6,8-9,13H,7,10-11H2,1-4H3. The van der Waals surface area contributed by atoms with Crippen LogP contribution in [0.5, 0.6) is 0 Å². The molecule has 1 rings (SSSR count). The largest absolute Gasteiger partial charge is 0.300 e. The Bertz CT molecular complexity index is 448. The van der Waals surface area contributed by atoms with E-state index in [1.807, 2.05) is 32.0 Å². The molecule has 0 fully saturated rings. The fraction of sp³-hybridized carbons (Fsp3) is 0.562. The first-order valence-corrected chi connectivity index (χ1v) is 7.11. The second kappa shape index (κ2) is 6.93. The van der Waals surface area contributed by atoms with Gasteiger partial charge in [0.1, 0.15) is 0 Å². The number of hydrogen-bond donors (Lipinski definition) is 0. The predicted molar refractivity (Wildman–Crippen MR) is 81.1 cm³/mol. The van der Waals surface area contributed by atoms with Gasteiger partial charge in [0.25, 0.3) is 0 Å². The summed E-state index contributed by atoms with van der Waals surface area (Å²) >= 11 is 6.22. The van der Waals surface area contributed by atoms with Crippen molar-refractivity contribution in [3.8, 4) is 6.07 Å². The molecule has 0 N–H and O–H groups in total. The second-order valence-electron chi connectivity index (χ2n) is 5.78. The Kier molecular flexibility index (Phi) is 5.85. The van der Waals surface area contributed by atoms with Gasteiger partial charge in [-0.25, -0.2) is 0 Å². The number of halogens is 1. The molecule has 2 nitrogen and oxygen atoms in total. The van der Waals surface area contributed by atoms with Crippen molar-refractivity contribution in [2.24, 2.45) is 5.41 Å². The third-order valence-electron chi connectivity index (χ3n) is 3.63. The second-order valence-corrected chi connectivity index (χ2v) is 6.18. The summed E-state index contributed by atoms with van der Waals surface area (Å²) in [6, 6.07) is 10.6. The lowest BCUT2D eigenvalue weighted by Gasteiger charge is -2.26. The molecule has 3 heteroatoms. The molecule has 0 radical (unpaired) electrons. The topological polar surface area (TPSA) is 27.0 Å². The molecule has 1 unspecified atom stereocenters. The summed E-state index contributed by atoms with van der Waals surface area (Å²) in [6.07, 6.45) is 1.94. The molecule has 0 saturated carbocycles. The molecule has 0 saturated heterocycles. The van der Waals surface area contributed by atoms with Crippen LogP contribution in [-0.4, -0.2) is 18.5 Å². The molecule has 0 aliphatic heterocycles. The lowest BCUT2D eigenvalue weighted by molar-refractivity contribution is 0.245. The smallest absolute Gasteiger partial charge is 0.0683 e. The Balaban J connectivity index is 2.53. The zero-order chi connectivity index (χ0) is 14.5. The van der Waals surface area contributed by atoms with Crippen molar-refractivity contribution in [2.75, 3.05) is 13.6 Å². The average Bonchev–Trinajstić information content (AvgIpc) is 2.38. The Morgan fingerprint density at radius 1 is 1.37 bits per heavy atom. The Morgan fingerprint density at radius 2 is 2.00 bits per heavy atom. The van der Waals surface area contributed by atoms with E-state index in [0.717, 1.165) is 30.0 Å². The predicted octanol–water partition coefficient (Wildman–Crippen LogP) is 4.66. The minimum absolute atomic E-state index is 0.228. The molecule has 0 heterocycles. The molecule has 0 aliphatic carbocycles. The normalized spacial score (nSPS) is 13.3. The van der Waals surface area contributed by atoms with E-state index in [1.165, 1.54) is 0 Å². The fourth-order valence-electron chi connectivity index (χ4n) is 2.07. The third-order valence-corrected chi connectivity index (χ3v) is 3.98. The minimum Gasteiger partial charge on any atom is -0.300 e. The molecule has 0 bridgehead atoms. The van der Waals surface area contributed by atoms with E-state index in [1.54, 1.807) is 0 Å². The molecule has 1 atom stereocenters. The van der Waals surface area contributed by atoms with Gasteiger partial charge in [0.15, 0.2) is 0 Å². The first kappa shape index (κ1) is 16.0. The molecule has 0 aromatic heterocycles. The highest BCUT2D eigenvalue weighted by Gasteiger charge is 2.18. The molecule has 1 aromatic rings. The molecule has 0 aliphatic rings. The van der Waals surface area contributed by atoms with Gasteiger partial charge in [0, 0.05) is 11.1 Å². The zero-order valence-corrected chi connectivity index (χ0v) is 13.0. The number of benzene rings is 1. The van der Waals surface area contributed by atoms with Crippen LogP contribution >= 0.6 is 11.6 Å². The lowest BCUT2D eigenvalue weighted by Crippen LogP contribution is -2.25. The summed E-state index contributed by atoms with van der Waals surface area (Å²) in [6.45, 7) is 7.11. The van der Waals surface area contributed by atoms with Crippen molar-refractivity contribution in [1.29, 1.82) is 5.26 Å². The molecule has 0 spiro atoms. The van der Waals surface area contributed by atoms with Crippen LogP contribution in [0.3, 0.4) is 0 Å². The summed E-state index contributed by atoms with van der Waals surface area (Å²) in [7, 11) is 2.10. The van der Waals surface area contributed by atoms with E-state index < -0.39 is 0 Å². The van der Waals surface area contributed by atoms with Crippen LogP contribution < -0.4 is 0 Å². The molecule has 104 valence electrons. The summed E-state index contributed by atoms with van der Waals surface area (Å²) < 4.78 is 0. The Labute approximate surface area is 122 Å². The number of nitrogens with zero attached hydrogens (tertiary/aromatic N) is 2. The molecular formula is C16H23ClN2. The summed E-state index contributed by atoms with van der Waals surface area (Å²) in [5.41, 5.74) is 0.931. The summed E-state index contributed by atoms with van der Waals surface area (Å²) in [5.74, 6) is 0. The van der Waals surface area contributed by atoms with Crippen LogP contribution in [0.2, 0.25) is 5.02 Å². The van der Waals surface area contributed by atoms with Crippen molar-refractivity contribution in [1.82, 2.24) is 4.90 Å². The van der Waals surface area contributed by atoms with E-state index in [9.17, 15) is 0 Å². The highest BCUT2D eigenvalue weighted by atomic mass is 35.5. The minimum atomic E-state index is -0.228. The van der Waals surface area contributed by atoms with E-state index in [-0.39, 0.29) is 5.41 Å². The SMILES string of the molecule is CC(c1ccccc1Cl)N(C)CCCC(C)(C)C#N. The van der Waals surface area contributed by atoms with Gasteiger partial charge in [0.05, 0.1) is 11.5 Å². The van der Waals surface area contributed by atoms with Crippen molar-refractivity contribution in [3.63, 3.8) is 0 Å². The summed E-state index contributed by atoms with van der Waals surface area (Å²) in [4.78, 5) is 2.29. The van der Waals surface area contributed by atoms with Gasteiger partial charge < -0.3 is 0 Å². The zero-order valence-electron chi connectivity index (χ0n) is 12.3. The van der Waals surface area contributed by atoms with E-state index in [2.05, 4.69) is 31.0 Å². The number of hydrogen-bond acceptors (Lipinski definition) is 2. The van der Waals surface area contributed by atoms with Crippen molar-refractivity contribution in [2.45, 2.75) is 39.7 Å². The highest BCUT2D eigenvalue weighted by Crippen LogP contribution is 2.27. The Hall–Kier alpha value is -1.04. The van der Waals surface area contributed by atoms with Gasteiger partial charge in [-0.3, -0.25) is 4.90 Å². The molecular weight excluding hydrogens is 256 g/mol. The van der Waals surface area contributed by atoms with Gasteiger partial charge >= 0.3 is 0 Å². The molecule has 19 heavy (non-hydrogen) atoms. The summed E-state index contributed by atoms with van der Waals surface area (Å²) in [5, 5.41) is 9.82. The maximum absolute atomic E-state index is 9.00. The van der Waals surface area contributed by atoms with Gasteiger partial charge in [-0.1, -0.05) is 29.8 Å². The van der Waals surface area contributed by atoms with Gasteiger partial charge in [-0.15, -0.1) is 0 Å². The lowest BCUT2D eigenvalue weighted by atomic mass is 9.89. The van der Waals surface area contributed by atoms with Gasteiger partial charge in [-0.2, -0.15) is 5.26 Å². The van der Waals surface area contributed by atoms with Crippen LogP contribution in [0.1, 0.15) is 45.2 Å². The fourth-order valence-corrected chi connectivity index (χ4v) is 2.36. The quantitative estimate of drug-likeness (QED) is 0.756. The van der Waals surface area contributed by atoms with Crippen LogP contribution in [0, 0.1) is 16.7 Å². The van der Waals surface area contributed by atoms with E-state index >= 15 is 0 Å². The number of rotatable bonds is 6. The maximum Gasteiger partial charge on any atom is 0.0683 e. The maximum atomic E-state index is 9.00. The monoisotopic (exact) mass is 278 g/mol. The third kappa shape index (κ3) is 4.86. The Morgan fingerprint density at radius 3 is 2.58 bits per heavy atom. The highest BCUT2D eigenvalue weighted by molar-refractivity contribution is 6.31. The number of nitriles is 1. The van der Waals surface area contributed by atoms with Gasteiger partial charge in [-0.05, 0) is 58.8 Å². The van der Waals surface area contributed by atoms with Crippen LogP contribution in [0.15, 0.2) is 24.3 Å². The first-order chi connectivity index (χ1) is 8.87. The first-order valence-electron chi connectivity index (χ1n) is 6.73. The van der Waals surface area contributed by atoms with Crippen molar-refractivity contribution >= 4 is 11.6 Å². The van der Waals surface area contributed by atoms with Crippen molar-refractivity contribution < 1.29 is 0 Å². The van der Waals surface area contributed by atoms with Crippen molar-refractivity contribution in [3.05, 3.63) is 34.9 Å². The molecule has 0 amide bonds. The van der Waals surface area contributed by atoms with Crippen LogP contribution in [-0.2, 0) is 0 Å². The molecule has 1 aromatic carbocycles. The van der Waals surface area contributed by atoms with Crippen LogP contribution in [0.4, 0.5) is 0 Å². The van der Waals surface area contributed by atoms with E-state index in [4.69, 9.17) is 16.9 Å². The van der Waals surface area contributed by atoms with Gasteiger partial charge in [0.2, 0.25) is 0 Å². The van der Waals surface area contributed by atoms with Crippen LogP contribution in [0.25, 0.3) is 0 Å². The van der Waals surface area contributed by atoms with E-state index in [0.29, 0.717) is 6.04 Å².